The Labute approximate surface area is 136 Å². The highest BCUT2D eigenvalue weighted by molar-refractivity contribution is 9.10. The molecule has 0 amide bonds. The first-order valence-corrected chi connectivity index (χ1v) is 9.52. The minimum Gasteiger partial charge on any atom is -0.372 e. The molecule has 0 aromatic carbocycles. The lowest BCUT2D eigenvalue weighted by Crippen LogP contribution is -2.35. The Hall–Kier alpha value is -0.960. The first-order chi connectivity index (χ1) is 10.0. The Kier molecular flexibility index (Phi) is 4.04. The van der Waals surface area contributed by atoms with Crippen molar-refractivity contribution in [2.24, 2.45) is 0 Å². The molecule has 2 aromatic heterocycles. The van der Waals surface area contributed by atoms with Gasteiger partial charge in [-0.25, -0.2) is 13.4 Å². The van der Waals surface area contributed by atoms with Crippen LogP contribution in [0.5, 0.6) is 0 Å². The van der Waals surface area contributed by atoms with Crippen molar-refractivity contribution in [1.82, 2.24) is 9.29 Å². The highest BCUT2D eigenvalue weighted by Gasteiger charge is 2.31. The third-order valence-corrected chi connectivity index (χ3v) is 6.76. The molecule has 1 aliphatic heterocycles. The molecule has 0 spiro atoms. The van der Waals surface area contributed by atoms with Crippen LogP contribution in [0.15, 0.2) is 33.1 Å². The number of halogens is 1. The van der Waals surface area contributed by atoms with Crippen LogP contribution in [0.3, 0.4) is 0 Å². The molecule has 0 bridgehead atoms. The number of hydrogen-bond donors (Lipinski definition) is 1. The van der Waals surface area contributed by atoms with Gasteiger partial charge in [-0.15, -0.1) is 11.3 Å². The molecule has 2 aromatic rings. The molecule has 3 rings (SSSR count). The lowest BCUT2D eigenvalue weighted by Gasteiger charge is -2.26. The van der Waals surface area contributed by atoms with Crippen LogP contribution in [0.4, 0.5) is 5.82 Å². The molecule has 1 N–H and O–H groups in total. The quantitative estimate of drug-likeness (QED) is 0.879. The van der Waals surface area contributed by atoms with E-state index in [1.807, 2.05) is 11.4 Å². The molecule has 0 fully saturated rings. The lowest BCUT2D eigenvalue weighted by atomic mass is 10.1. The van der Waals surface area contributed by atoms with Crippen LogP contribution in [0.25, 0.3) is 0 Å². The highest BCUT2D eigenvalue weighted by atomic mass is 79.9. The summed E-state index contributed by atoms with van der Waals surface area (Å²) in [6, 6.07) is 3.59. The highest BCUT2D eigenvalue weighted by Crippen LogP contribution is 2.31. The Balaban J connectivity index is 2.00. The minimum atomic E-state index is -3.56. The molecule has 0 saturated carbocycles. The second kappa shape index (κ2) is 5.68. The molecule has 21 heavy (non-hydrogen) atoms. The molecule has 5 nitrogen and oxygen atoms in total. The van der Waals surface area contributed by atoms with Gasteiger partial charge in [-0.3, -0.25) is 0 Å². The molecule has 0 atom stereocenters. The van der Waals surface area contributed by atoms with Crippen molar-refractivity contribution in [2.45, 2.75) is 17.9 Å². The summed E-state index contributed by atoms with van der Waals surface area (Å²) in [5.41, 5.74) is 1.10. The van der Waals surface area contributed by atoms with Gasteiger partial charge in [-0.2, -0.15) is 4.31 Å². The SMILES string of the molecule is CNc1ncc(Br)cc1S(=O)(=O)N1CCc2sccc2C1. The Morgan fingerprint density at radius 3 is 3.05 bits per heavy atom. The second-order valence-electron chi connectivity index (χ2n) is 4.71. The first kappa shape index (κ1) is 15.0. The van der Waals surface area contributed by atoms with Gasteiger partial charge in [0.05, 0.1) is 0 Å². The van der Waals surface area contributed by atoms with Crippen molar-refractivity contribution in [3.05, 3.63) is 38.6 Å². The Bertz CT molecular complexity index is 773. The number of anilines is 1. The maximum atomic E-state index is 12.9. The number of aromatic nitrogens is 1. The van der Waals surface area contributed by atoms with Crippen LogP contribution < -0.4 is 5.32 Å². The van der Waals surface area contributed by atoms with Gasteiger partial charge in [0.2, 0.25) is 10.0 Å². The Morgan fingerprint density at radius 2 is 2.29 bits per heavy atom. The van der Waals surface area contributed by atoms with Crippen LogP contribution in [0.1, 0.15) is 10.4 Å². The summed E-state index contributed by atoms with van der Waals surface area (Å²) in [4.78, 5) is 5.62. The van der Waals surface area contributed by atoms with Crippen LogP contribution >= 0.6 is 27.3 Å². The first-order valence-electron chi connectivity index (χ1n) is 6.41. The predicted molar refractivity (Wildman–Crippen MR) is 87.1 cm³/mol. The third-order valence-electron chi connectivity index (χ3n) is 3.45. The molecule has 0 saturated heterocycles. The average molecular weight is 388 g/mol. The van der Waals surface area contributed by atoms with Gasteiger partial charge >= 0.3 is 0 Å². The molecule has 0 radical (unpaired) electrons. The van der Waals surface area contributed by atoms with Gasteiger partial charge < -0.3 is 5.32 Å². The van der Waals surface area contributed by atoms with Gasteiger partial charge in [0.1, 0.15) is 10.7 Å². The predicted octanol–water partition coefficient (Wildman–Crippen LogP) is 2.69. The number of nitrogens with one attached hydrogen (secondary N) is 1. The molecule has 8 heteroatoms. The van der Waals surface area contributed by atoms with E-state index in [9.17, 15) is 8.42 Å². The zero-order chi connectivity index (χ0) is 15.0. The van der Waals surface area contributed by atoms with E-state index in [2.05, 4.69) is 26.2 Å². The molecular weight excluding hydrogens is 374 g/mol. The summed E-state index contributed by atoms with van der Waals surface area (Å²) in [6.07, 6.45) is 2.35. The fourth-order valence-corrected chi connectivity index (χ4v) is 5.34. The molecule has 0 unspecified atom stereocenters. The third kappa shape index (κ3) is 2.73. The molecule has 1 aliphatic rings. The van der Waals surface area contributed by atoms with Crippen LogP contribution in [-0.4, -0.2) is 31.3 Å². The molecule has 0 aliphatic carbocycles. The normalized spacial score (nSPS) is 15.7. The number of sulfonamides is 1. The van der Waals surface area contributed by atoms with E-state index < -0.39 is 10.0 Å². The van der Waals surface area contributed by atoms with Gasteiger partial charge in [0.25, 0.3) is 0 Å². The lowest BCUT2D eigenvalue weighted by molar-refractivity contribution is 0.394. The Morgan fingerprint density at radius 1 is 1.48 bits per heavy atom. The van der Waals surface area contributed by atoms with Crippen molar-refractivity contribution >= 4 is 43.1 Å². The molecule has 112 valence electrons. The van der Waals surface area contributed by atoms with E-state index in [0.29, 0.717) is 23.4 Å². The summed E-state index contributed by atoms with van der Waals surface area (Å²) < 4.78 is 27.9. The van der Waals surface area contributed by atoms with Gasteiger partial charge in [0, 0.05) is 35.7 Å². The summed E-state index contributed by atoms with van der Waals surface area (Å²) in [5, 5.41) is 4.86. The maximum absolute atomic E-state index is 12.9. The van der Waals surface area contributed by atoms with E-state index in [0.717, 1.165) is 12.0 Å². The fraction of sp³-hybridized carbons (Fsp3) is 0.308. The average Bonchev–Trinajstić information content (AvgIpc) is 2.94. The number of rotatable bonds is 3. The summed E-state index contributed by atoms with van der Waals surface area (Å²) in [7, 11) is -1.90. The largest absolute Gasteiger partial charge is 0.372 e. The van der Waals surface area contributed by atoms with Crippen molar-refractivity contribution < 1.29 is 8.42 Å². The topological polar surface area (TPSA) is 62.3 Å². The molecule has 3 heterocycles. The summed E-state index contributed by atoms with van der Waals surface area (Å²) in [6.45, 7) is 0.933. The monoisotopic (exact) mass is 387 g/mol. The van der Waals surface area contributed by atoms with Crippen molar-refractivity contribution in [3.8, 4) is 0 Å². The van der Waals surface area contributed by atoms with Crippen LogP contribution in [0.2, 0.25) is 0 Å². The van der Waals surface area contributed by atoms with E-state index >= 15 is 0 Å². The molecular formula is C13H14BrN3O2S2. The zero-order valence-corrected chi connectivity index (χ0v) is 14.6. The van der Waals surface area contributed by atoms with Crippen molar-refractivity contribution in [3.63, 3.8) is 0 Å². The number of pyridine rings is 1. The minimum absolute atomic E-state index is 0.207. The van der Waals surface area contributed by atoms with E-state index in [4.69, 9.17) is 0 Å². The smallest absolute Gasteiger partial charge is 0.247 e. The van der Waals surface area contributed by atoms with Gasteiger partial charge in [-0.05, 0) is 45.4 Å². The van der Waals surface area contributed by atoms with E-state index in [-0.39, 0.29) is 4.90 Å². The van der Waals surface area contributed by atoms with Crippen LogP contribution in [-0.2, 0) is 23.0 Å². The fourth-order valence-electron chi connectivity index (χ4n) is 2.37. The van der Waals surface area contributed by atoms with Crippen LogP contribution in [0, 0.1) is 0 Å². The van der Waals surface area contributed by atoms with E-state index in [1.54, 1.807) is 30.6 Å². The maximum Gasteiger partial charge on any atom is 0.247 e. The second-order valence-corrected chi connectivity index (χ2v) is 8.53. The summed E-state index contributed by atoms with van der Waals surface area (Å²) >= 11 is 4.98. The van der Waals surface area contributed by atoms with E-state index in [1.165, 1.54) is 9.18 Å². The zero-order valence-electron chi connectivity index (χ0n) is 11.3. The number of nitrogens with zero attached hydrogens (tertiary/aromatic N) is 2. The van der Waals surface area contributed by atoms with Gasteiger partial charge in [0.15, 0.2) is 0 Å². The van der Waals surface area contributed by atoms with Crippen molar-refractivity contribution in [1.29, 1.82) is 0 Å². The number of thiophene rings is 1. The number of hydrogen-bond acceptors (Lipinski definition) is 5. The standard InChI is InChI=1S/C13H14BrN3O2S2/c1-15-13-12(6-10(14)7-16-13)21(18,19)17-4-2-11-9(8-17)3-5-20-11/h3,5-7H,2,4,8H2,1H3,(H,15,16). The van der Waals surface area contributed by atoms with Gasteiger partial charge in [-0.1, -0.05) is 0 Å². The summed E-state index contributed by atoms with van der Waals surface area (Å²) in [5.74, 6) is 0.370. The van der Waals surface area contributed by atoms with Crippen molar-refractivity contribution in [2.75, 3.05) is 18.9 Å². The number of fused-ring (bicyclic) bond motifs is 1.